The van der Waals surface area contributed by atoms with Crippen LogP contribution < -0.4 is 0 Å². The normalized spacial score (nSPS) is 26.8. The molecule has 0 radical (unpaired) electrons. The second-order valence-electron chi connectivity index (χ2n) is 6.68. The Morgan fingerprint density at radius 3 is 2.40 bits per heavy atom. The smallest absolute Gasteiger partial charge is 0.00255 e. The summed E-state index contributed by atoms with van der Waals surface area (Å²) in [5.41, 5.74) is 2.28. The van der Waals surface area contributed by atoms with Crippen molar-refractivity contribution in [2.24, 2.45) is 16.7 Å². The number of rotatable bonds is 1. The van der Waals surface area contributed by atoms with Gasteiger partial charge in [-0.1, -0.05) is 58.4 Å². The maximum Gasteiger partial charge on any atom is 0.00255 e. The van der Waals surface area contributed by atoms with Crippen molar-refractivity contribution < 1.29 is 0 Å². The van der Waals surface area contributed by atoms with Crippen LogP contribution in [0, 0.1) is 16.7 Å². The second kappa shape index (κ2) is 4.15. The van der Waals surface area contributed by atoms with Gasteiger partial charge in [0.05, 0.1) is 0 Å². The highest BCUT2D eigenvalue weighted by Gasteiger charge is 2.30. The Kier molecular flexibility index (Phi) is 3.48. The molecule has 0 aromatic heterocycles. The van der Waals surface area contributed by atoms with Crippen molar-refractivity contribution in [2.75, 3.05) is 0 Å². The maximum absolute atomic E-state index is 2.42. The topological polar surface area (TPSA) is 0 Å². The van der Waals surface area contributed by atoms with E-state index in [9.17, 15) is 0 Å². The summed E-state index contributed by atoms with van der Waals surface area (Å²) in [5.74, 6) is 0.630. The first-order valence-electron chi connectivity index (χ1n) is 6.08. The Bertz CT molecular complexity index is 271. The Hall–Kier alpha value is -0.520. The van der Waals surface area contributed by atoms with E-state index in [0.717, 1.165) is 0 Å². The van der Waals surface area contributed by atoms with E-state index in [2.05, 4.69) is 59.8 Å². The van der Waals surface area contributed by atoms with E-state index in [-0.39, 0.29) is 0 Å². The fourth-order valence-corrected chi connectivity index (χ4v) is 2.37. The Balaban J connectivity index is 2.86. The molecule has 0 spiro atoms. The molecule has 0 fully saturated rings. The van der Waals surface area contributed by atoms with Crippen LogP contribution in [-0.2, 0) is 0 Å². The van der Waals surface area contributed by atoms with Gasteiger partial charge < -0.3 is 0 Å². The number of hydrogen-bond donors (Lipinski definition) is 0. The Morgan fingerprint density at radius 2 is 1.93 bits per heavy atom. The van der Waals surface area contributed by atoms with Crippen LogP contribution >= 0.6 is 0 Å². The average molecular weight is 206 g/mol. The molecule has 0 amide bonds. The van der Waals surface area contributed by atoms with Crippen molar-refractivity contribution in [2.45, 2.75) is 54.4 Å². The summed E-state index contributed by atoms with van der Waals surface area (Å²) in [7, 11) is 0. The van der Waals surface area contributed by atoms with Crippen molar-refractivity contribution >= 4 is 0 Å². The van der Waals surface area contributed by atoms with E-state index < -0.39 is 0 Å². The zero-order valence-corrected chi connectivity index (χ0v) is 11.2. The summed E-state index contributed by atoms with van der Waals surface area (Å²) >= 11 is 0. The second-order valence-corrected chi connectivity index (χ2v) is 6.68. The minimum absolute atomic E-state index is 0.299. The third-order valence-corrected chi connectivity index (χ3v) is 3.38. The maximum atomic E-state index is 2.42. The van der Waals surface area contributed by atoms with Crippen LogP contribution in [0.4, 0.5) is 0 Å². The van der Waals surface area contributed by atoms with Crippen LogP contribution in [0.25, 0.3) is 0 Å². The molecule has 0 bridgehead atoms. The fourth-order valence-electron chi connectivity index (χ4n) is 2.37. The van der Waals surface area contributed by atoms with Crippen molar-refractivity contribution in [1.29, 1.82) is 0 Å². The van der Waals surface area contributed by atoms with Gasteiger partial charge in [0.25, 0.3) is 0 Å². The van der Waals surface area contributed by atoms with Gasteiger partial charge in [-0.25, -0.2) is 0 Å². The molecule has 0 aromatic rings. The standard InChI is InChI=1S/C15H26/c1-12-8-7-10-15(5,6)13(12)9-11-14(2,3)4/h8-9,11,13H,7,10H2,1-6H3/b11-9+. The molecule has 1 aliphatic rings. The van der Waals surface area contributed by atoms with E-state index in [4.69, 9.17) is 0 Å². The van der Waals surface area contributed by atoms with Gasteiger partial charge in [-0.2, -0.15) is 0 Å². The lowest BCUT2D eigenvalue weighted by molar-refractivity contribution is 0.254. The van der Waals surface area contributed by atoms with Crippen molar-refractivity contribution in [3.8, 4) is 0 Å². The summed E-state index contributed by atoms with van der Waals surface area (Å²) in [5, 5.41) is 0. The molecule has 0 aliphatic heterocycles. The van der Waals surface area contributed by atoms with E-state index in [1.165, 1.54) is 12.8 Å². The number of allylic oxidation sites excluding steroid dienone is 4. The molecule has 0 saturated carbocycles. The average Bonchev–Trinajstić information content (AvgIpc) is 1.99. The van der Waals surface area contributed by atoms with E-state index in [1.54, 1.807) is 5.57 Å². The predicted octanol–water partition coefficient (Wildman–Crippen LogP) is 4.97. The van der Waals surface area contributed by atoms with Crippen LogP contribution in [0.15, 0.2) is 23.8 Å². The molecular formula is C15H26. The minimum Gasteiger partial charge on any atom is -0.0850 e. The van der Waals surface area contributed by atoms with E-state index in [0.29, 0.717) is 16.7 Å². The largest absolute Gasteiger partial charge is 0.0850 e. The molecule has 15 heavy (non-hydrogen) atoms. The first kappa shape index (κ1) is 12.5. The van der Waals surface area contributed by atoms with Crippen LogP contribution in [0.1, 0.15) is 54.4 Å². The summed E-state index contributed by atoms with van der Waals surface area (Å²) in [6.45, 7) is 13.8. The molecule has 0 heterocycles. The number of hydrogen-bond acceptors (Lipinski definition) is 0. The third-order valence-electron chi connectivity index (χ3n) is 3.38. The molecule has 1 rings (SSSR count). The molecule has 0 heteroatoms. The highest BCUT2D eigenvalue weighted by Crippen LogP contribution is 2.42. The van der Waals surface area contributed by atoms with Crippen molar-refractivity contribution in [3.05, 3.63) is 23.8 Å². The van der Waals surface area contributed by atoms with Gasteiger partial charge in [0.1, 0.15) is 0 Å². The summed E-state index contributed by atoms with van der Waals surface area (Å²) in [6, 6.07) is 0. The van der Waals surface area contributed by atoms with Gasteiger partial charge >= 0.3 is 0 Å². The van der Waals surface area contributed by atoms with Gasteiger partial charge in [0.2, 0.25) is 0 Å². The molecule has 86 valence electrons. The zero-order valence-electron chi connectivity index (χ0n) is 11.2. The van der Waals surface area contributed by atoms with Crippen LogP contribution in [0.2, 0.25) is 0 Å². The molecule has 1 aliphatic carbocycles. The Labute approximate surface area is 95.5 Å². The monoisotopic (exact) mass is 206 g/mol. The van der Waals surface area contributed by atoms with Gasteiger partial charge in [0, 0.05) is 5.92 Å². The van der Waals surface area contributed by atoms with E-state index in [1.807, 2.05) is 0 Å². The fraction of sp³-hybridized carbons (Fsp3) is 0.733. The highest BCUT2D eigenvalue weighted by atomic mass is 14.4. The summed E-state index contributed by atoms with van der Waals surface area (Å²) in [6.07, 6.45) is 9.75. The Morgan fingerprint density at radius 1 is 1.33 bits per heavy atom. The molecule has 0 saturated heterocycles. The molecular weight excluding hydrogens is 180 g/mol. The van der Waals surface area contributed by atoms with Crippen LogP contribution in [0.3, 0.4) is 0 Å². The predicted molar refractivity (Wildman–Crippen MR) is 68.9 cm³/mol. The van der Waals surface area contributed by atoms with Gasteiger partial charge in [-0.3, -0.25) is 0 Å². The summed E-state index contributed by atoms with van der Waals surface area (Å²) in [4.78, 5) is 0. The SMILES string of the molecule is CC1=CCCC(C)(C)C1/C=C/C(C)(C)C. The third kappa shape index (κ3) is 3.52. The van der Waals surface area contributed by atoms with E-state index >= 15 is 0 Å². The van der Waals surface area contributed by atoms with Gasteiger partial charge in [-0.05, 0) is 30.6 Å². The summed E-state index contributed by atoms with van der Waals surface area (Å²) < 4.78 is 0. The van der Waals surface area contributed by atoms with Crippen molar-refractivity contribution in [3.63, 3.8) is 0 Å². The lowest BCUT2D eigenvalue weighted by atomic mass is 9.68. The van der Waals surface area contributed by atoms with Gasteiger partial charge in [-0.15, -0.1) is 0 Å². The lowest BCUT2D eigenvalue weighted by Gasteiger charge is -2.37. The quantitative estimate of drug-likeness (QED) is 0.531. The molecule has 0 nitrogen and oxygen atoms in total. The molecule has 1 unspecified atom stereocenters. The molecule has 0 aromatic carbocycles. The molecule has 1 atom stereocenters. The first-order valence-corrected chi connectivity index (χ1v) is 6.08. The van der Waals surface area contributed by atoms with Gasteiger partial charge in [0.15, 0.2) is 0 Å². The van der Waals surface area contributed by atoms with Crippen molar-refractivity contribution in [1.82, 2.24) is 0 Å². The van der Waals surface area contributed by atoms with Crippen LogP contribution in [-0.4, -0.2) is 0 Å². The van der Waals surface area contributed by atoms with Crippen LogP contribution in [0.5, 0.6) is 0 Å². The molecule has 0 N–H and O–H groups in total. The lowest BCUT2D eigenvalue weighted by Crippen LogP contribution is -2.26. The highest BCUT2D eigenvalue weighted by molar-refractivity contribution is 5.19. The first-order chi connectivity index (χ1) is 6.72. The zero-order chi connectivity index (χ0) is 11.7. The minimum atomic E-state index is 0.299.